The van der Waals surface area contributed by atoms with Crippen LogP contribution in [0.15, 0.2) is 52.5 Å². The van der Waals surface area contributed by atoms with E-state index < -0.39 is 6.04 Å². The summed E-state index contributed by atoms with van der Waals surface area (Å²) in [5, 5.41) is 2.83. The first kappa shape index (κ1) is 26.2. The highest BCUT2D eigenvalue weighted by Gasteiger charge is 2.17. The standard InChI is InChI=1S/C21H28FN3O2.C2H6/c1-13(2)19(23-6)11-14(3)20(26)24-16(5)21(27-7)25-15(4)17-9-8-10-18(22)12-17;1-2/h8-13,16H,4H2,1-3,5-7H3,(H,24,26);1-2H3/b14-11+,23-19?,25-21?;. The SMILES string of the molecule is C=C(N=C(OC)C(C)NC(=O)/C(C)=C/C(=NC)C(C)C)c1cccc(F)c1.CC. The van der Waals surface area contributed by atoms with Crippen molar-refractivity contribution < 1.29 is 13.9 Å². The third-order valence-electron chi connectivity index (χ3n) is 3.90. The van der Waals surface area contributed by atoms with Crippen molar-refractivity contribution >= 4 is 23.2 Å². The molecule has 0 fully saturated rings. The molecule has 5 nitrogen and oxygen atoms in total. The predicted molar refractivity (Wildman–Crippen MR) is 121 cm³/mol. The van der Waals surface area contributed by atoms with Gasteiger partial charge in [-0.2, -0.15) is 0 Å². The fraction of sp³-hybridized carbons (Fsp3) is 0.435. The van der Waals surface area contributed by atoms with E-state index in [2.05, 4.69) is 21.9 Å². The lowest BCUT2D eigenvalue weighted by Gasteiger charge is -2.16. The second-order valence-electron chi connectivity index (χ2n) is 6.44. The third-order valence-corrected chi connectivity index (χ3v) is 3.90. The van der Waals surface area contributed by atoms with Crippen LogP contribution >= 0.6 is 0 Å². The summed E-state index contributed by atoms with van der Waals surface area (Å²) in [6, 6.07) is 5.49. The summed E-state index contributed by atoms with van der Waals surface area (Å²) in [7, 11) is 3.16. The number of hydrogen-bond donors (Lipinski definition) is 1. The van der Waals surface area contributed by atoms with Gasteiger partial charge in [0, 0.05) is 23.9 Å². The lowest BCUT2D eigenvalue weighted by molar-refractivity contribution is -0.117. The lowest BCUT2D eigenvalue weighted by Crippen LogP contribution is -2.39. The van der Waals surface area contributed by atoms with E-state index in [0.29, 0.717) is 16.8 Å². The number of halogens is 1. The van der Waals surface area contributed by atoms with Crippen molar-refractivity contribution in [1.82, 2.24) is 5.32 Å². The number of aliphatic imine (C=N–C) groups is 2. The van der Waals surface area contributed by atoms with Crippen molar-refractivity contribution in [2.45, 2.75) is 47.6 Å². The fourth-order valence-corrected chi connectivity index (χ4v) is 2.33. The van der Waals surface area contributed by atoms with E-state index in [1.165, 1.54) is 19.2 Å². The monoisotopic (exact) mass is 403 g/mol. The van der Waals surface area contributed by atoms with Crippen molar-refractivity contribution in [2.24, 2.45) is 15.9 Å². The Hall–Kier alpha value is -2.76. The van der Waals surface area contributed by atoms with Gasteiger partial charge >= 0.3 is 0 Å². The predicted octanol–water partition coefficient (Wildman–Crippen LogP) is 5.05. The molecule has 29 heavy (non-hydrogen) atoms. The van der Waals surface area contributed by atoms with Crippen LogP contribution in [0.1, 0.15) is 47.1 Å². The molecule has 1 unspecified atom stereocenters. The minimum Gasteiger partial charge on any atom is -0.483 e. The second-order valence-corrected chi connectivity index (χ2v) is 6.44. The highest BCUT2D eigenvalue weighted by Crippen LogP contribution is 2.16. The van der Waals surface area contributed by atoms with Gasteiger partial charge in [-0.05, 0) is 38.0 Å². The van der Waals surface area contributed by atoms with Gasteiger partial charge in [-0.25, -0.2) is 9.38 Å². The van der Waals surface area contributed by atoms with Gasteiger partial charge < -0.3 is 10.1 Å². The van der Waals surface area contributed by atoms with Crippen molar-refractivity contribution in [2.75, 3.05) is 14.2 Å². The number of benzene rings is 1. The molecule has 6 heteroatoms. The average molecular weight is 404 g/mol. The number of allylic oxidation sites excluding steroid dienone is 1. The average Bonchev–Trinajstić information content (AvgIpc) is 2.70. The molecule has 1 aromatic carbocycles. The van der Waals surface area contributed by atoms with Gasteiger partial charge in [0.15, 0.2) is 0 Å². The largest absolute Gasteiger partial charge is 0.483 e. The summed E-state index contributed by atoms with van der Waals surface area (Å²) in [6.07, 6.45) is 1.77. The number of hydrogen-bond acceptors (Lipinski definition) is 4. The molecule has 0 aliphatic rings. The molecule has 1 atom stereocenters. The number of nitrogens with zero attached hydrogens (tertiary/aromatic N) is 2. The first-order chi connectivity index (χ1) is 13.7. The Morgan fingerprint density at radius 3 is 2.38 bits per heavy atom. The third kappa shape index (κ3) is 8.85. The molecule has 0 saturated heterocycles. The molecule has 0 aliphatic heterocycles. The van der Waals surface area contributed by atoms with Gasteiger partial charge in [-0.3, -0.25) is 9.79 Å². The topological polar surface area (TPSA) is 63.0 Å². The van der Waals surface area contributed by atoms with Gasteiger partial charge in [0.05, 0.1) is 12.8 Å². The number of rotatable bonds is 7. The normalized spacial score (nSPS) is 13.4. The minimum atomic E-state index is -0.489. The van der Waals surface area contributed by atoms with Crippen LogP contribution in [0.2, 0.25) is 0 Å². The number of carbonyl (C=O) groups excluding carboxylic acids is 1. The van der Waals surface area contributed by atoms with Gasteiger partial charge in [-0.15, -0.1) is 0 Å². The van der Waals surface area contributed by atoms with Gasteiger partial charge in [0.25, 0.3) is 0 Å². The zero-order valence-corrected chi connectivity index (χ0v) is 18.8. The summed E-state index contributed by atoms with van der Waals surface area (Å²) in [6.45, 7) is 15.4. The Morgan fingerprint density at radius 2 is 1.90 bits per heavy atom. The Labute approximate surface area is 174 Å². The van der Waals surface area contributed by atoms with Crippen LogP contribution in [0, 0.1) is 11.7 Å². The van der Waals surface area contributed by atoms with Crippen molar-refractivity contribution in [1.29, 1.82) is 0 Å². The van der Waals surface area contributed by atoms with Gasteiger partial charge in [-0.1, -0.05) is 46.4 Å². The highest BCUT2D eigenvalue weighted by atomic mass is 19.1. The molecule has 0 radical (unpaired) electrons. The summed E-state index contributed by atoms with van der Waals surface area (Å²) >= 11 is 0. The zero-order valence-electron chi connectivity index (χ0n) is 18.8. The van der Waals surface area contributed by atoms with Crippen LogP contribution in [0.3, 0.4) is 0 Å². The molecule has 1 aromatic rings. The fourth-order valence-electron chi connectivity index (χ4n) is 2.33. The van der Waals surface area contributed by atoms with E-state index in [9.17, 15) is 9.18 Å². The van der Waals surface area contributed by atoms with Crippen LogP contribution in [0.4, 0.5) is 4.39 Å². The number of carbonyl (C=O) groups is 1. The molecule has 1 amide bonds. The number of methoxy groups -OCH3 is 1. The van der Waals surface area contributed by atoms with Crippen LogP contribution in [0.25, 0.3) is 5.70 Å². The minimum absolute atomic E-state index is 0.223. The smallest absolute Gasteiger partial charge is 0.247 e. The summed E-state index contributed by atoms with van der Waals surface area (Å²) < 4.78 is 18.7. The van der Waals surface area contributed by atoms with E-state index >= 15 is 0 Å². The quantitative estimate of drug-likeness (QED) is 0.394. The van der Waals surface area contributed by atoms with Crippen LogP contribution < -0.4 is 5.32 Å². The van der Waals surface area contributed by atoms with Crippen LogP contribution in [-0.4, -0.2) is 37.7 Å². The van der Waals surface area contributed by atoms with Crippen LogP contribution in [-0.2, 0) is 9.53 Å². The van der Waals surface area contributed by atoms with E-state index in [1.807, 2.05) is 27.7 Å². The zero-order chi connectivity index (χ0) is 22.6. The molecule has 0 aliphatic carbocycles. The summed E-state index contributed by atoms with van der Waals surface area (Å²) in [5.41, 5.74) is 2.27. The van der Waals surface area contributed by atoms with Crippen molar-refractivity contribution in [3.8, 4) is 0 Å². The Balaban J connectivity index is 0.00000379. The van der Waals surface area contributed by atoms with Crippen molar-refractivity contribution in [3.05, 3.63) is 53.9 Å². The molecule has 0 spiro atoms. The highest BCUT2D eigenvalue weighted by molar-refractivity contribution is 6.05. The van der Waals surface area contributed by atoms with E-state index in [0.717, 1.165) is 5.71 Å². The van der Waals surface area contributed by atoms with E-state index in [1.54, 1.807) is 39.1 Å². The molecule has 0 heterocycles. The Morgan fingerprint density at radius 1 is 1.28 bits per heavy atom. The summed E-state index contributed by atoms with van der Waals surface area (Å²) in [5.74, 6) is -0.117. The lowest BCUT2D eigenvalue weighted by atomic mass is 10.1. The second kappa shape index (κ2) is 13.4. The Bertz CT molecular complexity index is 780. The maximum atomic E-state index is 13.4. The molecule has 160 valence electrons. The molecule has 0 saturated carbocycles. The molecular weight excluding hydrogens is 369 g/mol. The molecule has 0 aromatic heterocycles. The molecular formula is C23H34FN3O2. The molecule has 1 N–H and O–H groups in total. The number of nitrogens with one attached hydrogen (secondary N) is 1. The van der Waals surface area contributed by atoms with Gasteiger partial charge in [0.2, 0.25) is 11.8 Å². The van der Waals surface area contributed by atoms with Crippen molar-refractivity contribution in [3.63, 3.8) is 0 Å². The Kier molecular flexibility index (Phi) is 12.1. The summed E-state index contributed by atoms with van der Waals surface area (Å²) in [4.78, 5) is 20.9. The molecule has 1 rings (SSSR count). The molecule has 0 bridgehead atoms. The van der Waals surface area contributed by atoms with E-state index in [4.69, 9.17) is 4.74 Å². The first-order valence-corrected chi connectivity index (χ1v) is 9.72. The van der Waals surface area contributed by atoms with E-state index in [-0.39, 0.29) is 23.5 Å². The number of amides is 1. The first-order valence-electron chi connectivity index (χ1n) is 9.72. The maximum absolute atomic E-state index is 13.4. The number of ether oxygens (including phenoxy) is 1. The maximum Gasteiger partial charge on any atom is 0.247 e. The van der Waals surface area contributed by atoms with Gasteiger partial charge in [0.1, 0.15) is 11.9 Å². The van der Waals surface area contributed by atoms with Crippen LogP contribution in [0.5, 0.6) is 0 Å².